The number of unbranched alkanes of at least 4 members (excludes halogenated alkanes) is 4. The summed E-state index contributed by atoms with van der Waals surface area (Å²) in [4.78, 5) is 38.8. The number of nitrogens with two attached hydrogens (primary N) is 4. The molecule has 57 heavy (non-hydrogen) atoms. The van der Waals surface area contributed by atoms with Crippen molar-refractivity contribution in [2.45, 2.75) is 102 Å². The van der Waals surface area contributed by atoms with Gasteiger partial charge in [-0.2, -0.15) is 0 Å². The van der Waals surface area contributed by atoms with Gasteiger partial charge in [0.05, 0.1) is 18.8 Å². The van der Waals surface area contributed by atoms with Crippen molar-refractivity contribution in [3.8, 4) is 0 Å². The Morgan fingerprint density at radius 3 is 2.14 bits per heavy atom. The van der Waals surface area contributed by atoms with Crippen molar-refractivity contribution in [3.05, 3.63) is 58.4 Å². The Labute approximate surface area is 338 Å². The minimum Gasteiger partial charge on any atom is -0.394 e. The molecule has 1 heterocycles. The van der Waals surface area contributed by atoms with Gasteiger partial charge in [-0.25, -0.2) is 9.97 Å². The van der Waals surface area contributed by atoms with Crippen LogP contribution < -0.4 is 33.6 Å². The van der Waals surface area contributed by atoms with Crippen LogP contribution in [0.1, 0.15) is 79.9 Å². The summed E-state index contributed by atoms with van der Waals surface area (Å²) in [5, 5.41) is 57.6. The van der Waals surface area contributed by atoms with Gasteiger partial charge in [-0.15, -0.1) is 0 Å². The highest BCUT2D eigenvalue weighted by Crippen LogP contribution is 2.26. The number of aromatic nitrogens is 2. The lowest BCUT2D eigenvalue weighted by Crippen LogP contribution is -2.50. The molecule has 316 valence electrons. The number of nitrogens with zero attached hydrogens (tertiary/aromatic N) is 4. The monoisotopic (exact) mass is 816 g/mol. The Balaban J connectivity index is 1.51. The number of amides is 2. The van der Waals surface area contributed by atoms with E-state index in [-0.39, 0.29) is 35.0 Å². The van der Waals surface area contributed by atoms with Gasteiger partial charge in [-0.1, -0.05) is 74.2 Å². The van der Waals surface area contributed by atoms with Crippen molar-refractivity contribution in [1.82, 2.24) is 25.5 Å². The van der Waals surface area contributed by atoms with Crippen molar-refractivity contribution in [2.75, 3.05) is 50.8 Å². The molecule has 3 rings (SSSR count). The van der Waals surface area contributed by atoms with E-state index >= 15 is 0 Å². The van der Waals surface area contributed by atoms with Gasteiger partial charge in [0, 0.05) is 13.1 Å². The number of anilines is 2. The Morgan fingerprint density at radius 1 is 0.842 bits per heavy atom. The number of benzene rings is 2. The summed E-state index contributed by atoms with van der Waals surface area (Å²) in [6.45, 7) is 3.55. The number of rotatable bonds is 26. The average molecular weight is 817 g/mol. The lowest BCUT2D eigenvalue weighted by molar-refractivity contribution is -0.120. The Bertz CT molecular complexity index is 1750. The number of guanidine groups is 1. The number of primary amides is 1. The largest absolute Gasteiger partial charge is 0.394 e. The Morgan fingerprint density at radius 2 is 1.49 bits per heavy atom. The minimum atomic E-state index is -1.68. The van der Waals surface area contributed by atoms with E-state index in [1.807, 2.05) is 17.0 Å². The second-order valence-electron chi connectivity index (χ2n) is 14.2. The summed E-state index contributed by atoms with van der Waals surface area (Å²) in [5.41, 5.74) is 25.1. The van der Waals surface area contributed by atoms with Crippen LogP contribution in [0.3, 0.4) is 0 Å². The van der Waals surface area contributed by atoms with E-state index in [2.05, 4.69) is 56.8 Å². The van der Waals surface area contributed by atoms with E-state index < -0.39 is 48.9 Å². The predicted molar refractivity (Wildman–Crippen MR) is 222 cm³/mol. The number of hydrogen-bond acceptors (Lipinski definition) is 14. The van der Waals surface area contributed by atoms with Crippen LogP contribution in [0.15, 0.2) is 41.4 Å². The van der Waals surface area contributed by atoms with Crippen molar-refractivity contribution in [1.29, 1.82) is 0 Å². The van der Waals surface area contributed by atoms with Gasteiger partial charge in [-0.05, 0) is 86.5 Å². The molecule has 1 aromatic heterocycles. The molecule has 0 fully saturated rings. The zero-order valence-corrected chi connectivity index (χ0v) is 33.4. The molecule has 18 heteroatoms. The van der Waals surface area contributed by atoms with Gasteiger partial charge < -0.3 is 58.7 Å². The van der Waals surface area contributed by atoms with Crippen LogP contribution in [-0.2, 0) is 17.6 Å². The van der Waals surface area contributed by atoms with E-state index in [9.17, 15) is 30.0 Å². The maximum Gasteiger partial charge on any atom is 0.280 e. The van der Waals surface area contributed by atoms with Gasteiger partial charge in [0.25, 0.3) is 5.91 Å². The SMILES string of the molecule is CCCCCCN(CCCN[C@H](CCc1ccc(CCCCN=C(N)NC(=O)c2nc(Cl)c(N)nc2N)c2ccccc12)C(N)=O)C[C@@H](O)[C@H](O)[C@@H](O)[C@@H](O)CO. The lowest BCUT2D eigenvalue weighted by Gasteiger charge is -2.30. The van der Waals surface area contributed by atoms with E-state index in [0.717, 1.165) is 54.9 Å². The number of carbonyl (C=O) groups excluding carboxylic acids is 2. The van der Waals surface area contributed by atoms with Gasteiger partial charge in [0.1, 0.15) is 18.3 Å². The summed E-state index contributed by atoms with van der Waals surface area (Å²) >= 11 is 5.86. The zero-order chi connectivity index (χ0) is 41.9. The van der Waals surface area contributed by atoms with Crippen LogP contribution in [0, 0.1) is 0 Å². The molecule has 0 spiro atoms. The van der Waals surface area contributed by atoms with Crippen molar-refractivity contribution in [2.24, 2.45) is 16.5 Å². The minimum absolute atomic E-state index is 0.0714. The third kappa shape index (κ3) is 15.2. The number of hydrogen-bond donors (Lipinski definition) is 11. The van der Waals surface area contributed by atoms with Crippen molar-refractivity contribution >= 4 is 51.8 Å². The number of nitrogens with one attached hydrogen (secondary N) is 2. The summed E-state index contributed by atoms with van der Waals surface area (Å²) in [5.74, 6) is -1.49. The fourth-order valence-electron chi connectivity index (χ4n) is 6.53. The van der Waals surface area contributed by atoms with E-state index in [1.54, 1.807) is 0 Å². The molecule has 0 aliphatic carbocycles. The summed E-state index contributed by atoms with van der Waals surface area (Å²) < 4.78 is 0. The number of aliphatic imine (C=N–C) groups is 1. The number of aliphatic hydroxyl groups excluding tert-OH is 5. The average Bonchev–Trinajstić information content (AvgIpc) is 3.19. The third-order valence-electron chi connectivity index (χ3n) is 9.79. The summed E-state index contributed by atoms with van der Waals surface area (Å²) in [7, 11) is 0. The molecular formula is C39H61ClN10O7. The number of carbonyl (C=O) groups is 2. The van der Waals surface area contributed by atoms with Crippen molar-refractivity contribution in [3.63, 3.8) is 0 Å². The lowest BCUT2D eigenvalue weighted by atomic mass is 9.93. The molecule has 0 aliphatic heterocycles. The number of aliphatic hydroxyl groups is 5. The van der Waals surface area contributed by atoms with Crippen LogP contribution in [0.2, 0.25) is 5.15 Å². The zero-order valence-electron chi connectivity index (χ0n) is 32.7. The fraction of sp³-hybridized carbons (Fsp3) is 0.564. The Kier molecular flexibility index (Phi) is 20.3. The molecule has 2 amide bonds. The highest BCUT2D eigenvalue weighted by molar-refractivity contribution is 6.31. The molecule has 15 N–H and O–H groups in total. The maximum absolute atomic E-state index is 12.5. The van der Waals surface area contributed by atoms with Crippen LogP contribution in [0.5, 0.6) is 0 Å². The highest BCUT2D eigenvalue weighted by Gasteiger charge is 2.31. The second-order valence-corrected chi connectivity index (χ2v) is 14.6. The molecule has 17 nitrogen and oxygen atoms in total. The van der Waals surface area contributed by atoms with E-state index in [4.69, 9.17) is 39.6 Å². The Hall–Kier alpha value is -4.20. The van der Waals surface area contributed by atoms with Gasteiger partial charge in [-0.3, -0.25) is 19.9 Å². The van der Waals surface area contributed by atoms with Gasteiger partial charge in [0.2, 0.25) is 5.91 Å². The van der Waals surface area contributed by atoms with Gasteiger partial charge >= 0.3 is 0 Å². The topological polar surface area (TPSA) is 305 Å². The molecule has 3 aromatic rings. The summed E-state index contributed by atoms with van der Waals surface area (Å²) in [6, 6.07) is 11.8. The first-order chi connectivity index (χ1) is 27.3. The molecule has 0 saturated carbocycles. The molecule has 0 saturated heterocycles. The normalized spacial score (nSPS) is 14.7. The number of fused-ring (bicyclic) bond motifs is 1. The number of nitrogen functional groups attached to an aromatic ring is 2. The smallest absolute Gasteiger partial charge is 0.280 e. The van der Waals surface area contributed by atoms with E-state index in [1.165, 1.54) is 5.56 Å². The highest BCUT2D eigenvalue weighted by atomic mass is 35.5. The van der Waals surface area contributed by atoms with E-state index in [0.29, 0.717) is 51.9 Å². The molecule has 2 aromatic carbocycles. The molecule has 0 aliphatic rings. The first kappa shape index (κ1) is 47.2. The predicted octanol–water partition coefficient (Wildman–Crippen LogP) is 0.599. The standard InChI is InChI=1S/C39H61ClN10O7/c1-2-3-4-9-20-50(22-29(52)32(54)33(55)30(53)23-51)21-10-19-45-28(37(43)56)17-16-25-15-14-24(26-12-5-6-13-27(25)26)11-7-8-18-46-39(44)49-38(57)31-35(41)48-36(42)34(40)47-31/h5-6,12-15,28-30,32-33,45,51-55H,2-4,7-11,16-23H2,1H3,(H2,43,56)(H4,41,42,48)(H3,44,46,49,57)/t28-,29-,30+,32+,33+/m1/s1. The molecule has 0 unspecified atom stereocenters. The first-order valence-corrected chi connectivity index (χ1v) is 19.9. The summed E-state index contributed by atoms with van der Waals surface area (Å²) in [6.07, 6.45) is 1.93. The van der Waals surface area contributed by atoms with Crippen LogP contribution in [0.4, 0.5) is 11.6 Å². The third-order valence-corrected chi connectivity index (χ3v) is 10.1. The van der Waals surface area contributed by atoms with Crippen LogP contribution >= 0.6 is 11.6 Å². The quantitative estimate of drug-likeness (QED) is 0.0301. The molecular weight excluding hydrogens is 756 g/mol. The first-order valence-electron chi connectivity index (χ1n) is 19.5. The van der Waals surface area contributed by atoms with Crippen LogP contribution in [-0.4, -0.2) is 128 Å². The van der Waals surface area contributed by atoms with Crippen LogP contribution in [0.25, 0.3) is 10.8 Å². The molecule has 0 bridgehead atoms. The number of aryl methyl sites for hydroxylation is 2. The van der Waals surface area contributed by atoms with Crippen molar-refractivity contribution < 1.29 is 35.1 Å². The molecule has 5 atom stereocenters. The fourth-order valence-corrected chi connectivity index (χ4v) is 6.65. The number of halogens is 1. The van der Waals surface area contributed by atoms with Gasteiger partial charge in [0.15, 0.2) is 28.4 Å². The maximum atomic E-state index is 12.5. The second kappa shape index (κ2) is 24.5. The molecule has 0 radical (unpaired) electrons.